The fraction of sp³-hybridized carbons (Fsp3) is 0.350. The van der Waals surface area contributed by atoms with Gasteiger partial charge in [0.25, 0.3) is 0 Å². The van der Waals surface area contributed by atoms with Gasteiger partial charge in [0.1, 0.15) is 5.75 Å². The molecule has 0 atom stereocenters. The van der Waals surface area contributed by atoms with Crippen molar-refractivity contribution < 1.29 is 9.47 Å². The number of nitrogens with two attached hydrogens (primary N) is 1. The standard InChI is InChI=1S/C20H24ClN3O2/c1-25-18-9-5-4-8-17(18)24-19(22)23-14-20(10-12-26-13-11-20)15-6-2-3-7-16(15)21/h2-9H,10-14H2,1H3,(H3,22,23,24). The highest BCUT2D eigenvalue weighted by Crippen LogP contribution is 2.39. The number of halogens is 1. The van der Waals surface area contributed by atoms with Gasteiger partial charge in [0.05, 0.1) is 19.3 Å². The van der Waals surface area contributed by atoms with Gasteiger partial charge in [-0.15, -0.1) is 0 Å². The lowest BCUT2D eigenvalue weighted by Gasteiger charge is -2.37. The summed E-state index contributed by atoms with van der Waals surface area (Å²) in [7, 11) is 1.63. The minimum absolute atomic E-state index is 0.163. The number of hydrogen-bond acceptors (Lipinski definition) is 3. The van der Waals surface area contributed by atoms with Crippen molar-refractivity contribution in [1.82, 2.24) is 0 Å². The van der Waals surface area contributed by atoms with E-state index in [0.717, 1.165) is 34.9 Å². The van der Waals surface area contributed by atoms with Crippen molar-refractivity contribution in [2.24, 2.45) is 10.7 Å². The minimum Gasteiger partial charge on any atom is -0.495 e. The third-order valence-electron chi connectivity index (χ3n) is 4.82. The third-order valence-corrected chi connectivity index (χ3v) is 5.15. The molecule has 0 bridgehead atoms. The molecule has 3 rings (SSSR count). The van der Waals surface area contributed by atoms with Gasteiger partial charge in [-0.25, -0.2) is 0 Å². The molecule has 138 valence electrons. The zero-order valence-corrected chi connectivity index (χ0v) is 15.6. The first kappa shape index (κ1) is 18.5. The number of ether oxygens (including phenoxy) is 2. The Bertz CT molecular complexity index is 773. The van der Waals surface area contributed by atoms with Crippen molar-refractivity contribution in [3.05, 3.63) is 59.1 Å². The van der Waals surface area contributed by atoms with Crippen LogP contribution in [0.5, 0.6) is 5.75 Å². The topological polar surface area (TPSA) is 68.9 Å². The van der Waals surface area contributed by atoms with Gasteiger partial charge in [0.2, 0.25) is 0 Å². The Hall–Kier alpha value is -2.24. The molecule has 1 aliphatic heterocycles. The number of benzene rings is 2. The summed E-state index contributed by atoms with van der Waals surface area (Å²) in [6.07, 6.45) is 1.73. The summed E-state index contributed by atoms with van der Waals surface area (Å²) in [6, 6.07) is 15.6. The molecule has 26 heavy (non-hydrogen) atoms. The highest BCUT2D eigenvalue weighted by Gasteiger charge is 2.36. The molecule has 0 aliphatic carbocycles. The fourth-order valence-electron chi connectivity index (χ4n) is 3.33. The van der Waals surface area contributed by atoms with Gasteiger partial charge in [0.15, 0.2) is 5.96 Å². The number of rotatable bonds is 5. The van der Waals surface area contributed by atoms with E-state index in [1.165, 1.54) is 0 Å². The van der Waals surface area contributed by atoms with Crippen LogP contribution in [0.3, 0.4) is 0 Å². The van der Waals surface area contributed by atoms with E-state index < -0.39 is 0 Å². The van der Waals surface area contributed by atoms with Crippen LogP contribution in [-0.2, 0) is 10.2 Å². The molecule has 0 unspecified atom stereocenters. The summed E-state index contributed by atoms with van der Waals surface area (Å²) in [5.41, 5.74) is 7.87. The maximum atomic E-state index is 6.48. The summed E-state index contributed by atoms with van der Waals surface area (Å²) >= 11 is 6.48. The van der Waals surface area contributed by atoms with E-state index in [1.54, 1.807) is 7.11 Å². The van der Waals surface area contributed by atoms with Crippen LogP contribution in [-0.4, -0.2) is 32.8 Å². The minimum atomic E-state index is -0.163. The van der Waals surface area contributed by atoms with Crippen LogP contribution in [0.4, 0.5) is 5.69 Å². The first-order chi connectivity index (χ1) is 12.6. The summed E-state index contributed by atoms with van der Waals surface area (Å²) in [6.45, 7) is 1.94. The Kier molecular flexibility index (Phi) is 6.01. The zero-order chi connectivity index (χ0) is 18.4. The van der Waals surface area contributed by atoms with Crippen LogP contribution in [0.1, 0.15) is 18.4 Å². The maximum absolute atomic E-state index is 6.48. The molecule has 1 aliphatic rings. The molecule has 2 aromatic rings. The van der Waals surface area contributed by atoms with Crippen molar-refractivity contribution in [1.29, 1.82) is 0 Å². The van der Waals surface area contributed by atoms with E-state index in [2.05, 4.69) is 16.4 Å². The van der Waals surface area contributed by atoms with Crippen molar-refractivity contribution >= 4 is 23.2 Å². The van der Waals surface area contributed by atoms with Gasteiger partial charge in [0, 0.05) is 23.7 Å². The Labute approximate surface area is 159 Å². The molecule has 6 heteroatoms. The number of methoxy groups -OCH3 is 1. The molecule has 0 spiro atoms. The zero-order valence-electron chi connectivity index (χ0n) is 14.9. The largest absolute Gasteiger partial charge is 0.495 e. The maximum Gasteiger partial charge on any atom is 0.193 e. The quantitative estimate of drug-likeness (QED) is 0.617. The summed E-state index contributed by atoms with van der Waals surface area (Å²) < 4.78 is 10.9. The highest BCUT2D eigenvalue weighted by atomic mass is 35.5. The van der Waals surface area contributed by atoms with E-state index in [-0.39, 0.29) is 5.41 Å². The molecule has 1 heterocycles. The van der Waals surface area contributed by atoms with Crippen LogP contribution < -0.4 is 15.8 Å². The van der Waals surface area contributed by atoms with Crippen LogP contribution in [0, 0.1) is 0 Å². The van der Waals surface area contributed by atoms with E-state index in [4.69, 9.17) is 26.8 Å². The van der Waals surface area contributed by atoms with Crippen molar-refractivity contribution in [2.45, 2.75) is 18.3 Å². The average molecular weight is 374 g/mol. The Balaban J connectivity index is 1.81. The first-order valence-corrected chi connectivity index (χ1v) is 9.05. The first-order valence-electron chi connectivity index (χ1n) is 8.67. The van der Waals surface area contributed by atoms with Gasteiger partial charge in [-0.05, 0) is 36.6 Å². The van der Waals surface area contributed by atoms with Gasteiger partial charge >= 0.3 is 0 Å². The van der Waals surface area contributed by atoms with Crippen LogP contribution in [0.2, 0.25) is 5.02 Å². The molecular weight excluding hydrogens is 350 g/mol. The number of anilines is 1. The SMILES string of the molecule is COc1ccccc1NC(N)=NCC1(c2ccccc2Cl)CCOCC1. The van der Waals surface area contributed by atoms with Gasteiger partial charge in [-0.1, -0.05) is 41.9 Å². The smallest absolute Gasteiger partial charge is 0.193 e. The molecule has 2 aromatic carbocycles. The second kappa shape index (κ2) is 8.43. The molecule has 1 fully saturated rings. The number of aliphatic imine (C=N–C) groups is 1. The molecule has 5 nitrogen and oxygen atoms in total. The number of hydrogen-bond donors (Lipinski definition) is 2. The number of guanidine groups is 1. The molecule has 3 N–H and O–H groups in total. The summed E-state index contributed by atoms with van der Waals surface area (Å²) in [5.74, 6) is 1.07. The Morgan fingerprint density at radius 2 is 1.88 bits per heavy atom. The van der Waals surface area contributed by atoms with E-state index >= 15 is 0 Å². The number of nitrogens with zero attached hydrogens (tertiary/aromatic N) is 1. The number of para-hydroxylation sites is 2. The van der Waals surface area contributed by atoms with Crippen molar-refractivity contribution in [3.8, 4) is 5.75 Å². The normalized spacial score (nSPS) is 16.9. The molecule has 0 radical (unpaired) electrons. The highest BCUT2D eigenvalue weighted by molar-refractivity contribution is 6.31. The molecule has 0 aromatic heterocycles. The monoisotopic (exact) mass is 373 g/mol. The lowest BCUT2D eigenvalue weighted by molar-refractivity contribution is 0.0532. The van der Waals surface area contributed by atoms with Crippen molar-refractivity contribution in [2.75, 3.05) is 32.2 Å². The van der Waals surface area contributed by atoms with E-state index in [9.17, 15) is 0 Å². The van der Waals surface area contributed by atoms with Crippen LogP contribution >= 0.6 is 11.6 Å². The van der Waals surface area contributed by atoms with E-state index in [1.807, 2.05) is 42.5 Å². The Morgan fingerprint density at radius 1 is 1.19 bits per heavy atom. The van der Waals surface area contributed by atoms with Gasteiger partial charge in [-0.2, -0.15) is 0 Å². The second-order valence-electron chi connectivity index (χ2n) is 6.40. The summed E-state index contributed by atoms with van der Waals surface area (Å²) in [4.78, 5) is 4.62. The fourth-order valence-corrected chi connectivity index (χ4v) is 3.66. The van der Waals surface area contributed by atoms with Gasteiger partial charge in [-0.3, -0.25) is 4.99 Å². The summed E-state index contributed by atoms with van der Waals surface area (Å²) in [5, 5.41) is 3.89. The lowest BCUT2D eigenvalue weighted by atomic mass is 9.74. The van der Waals surface area contributed by atoms with Crippen LogP contribution in [0.15, 0.2) is 53.5 Å². The predicted molar refractivity (Wildman–Crippen MR) is 106 cm³/mol. The van der Waals surface area contributed by atoms with Gasteiger partial charge < -0.3 is 20.5 Å². The molecule has 0 saturated carbocycles. The van der Waals surface area contributed by atoms with Crippen molar-refractivity contribution in [3.63, 3.8) is 0 Å². The molecule has 1 saturated heterocycles. The second-order valence-corrected chi connectivity index (χ2v) is 6.81. The predicted octanol–water partition coefficient (Wildman–Crippen LogP) is 3.82. The van der Waals surface area contributed by atoms with Crippen LogP contribution in [0.25, 0.3) is 0 Å². The molecular formula is C20H24ClN3O2. The Morgan fingerprint density at radius 3 is 2.62 bits per heavy atom. The number of nitrogens with one attached hydrogen (secondary N) is 1. The van der Waals surface area contributed by atoms with E-state index in [0.29, 0.717) is 25.7 Å². The third kappa shape index (κ3) is 4.11. The average Bonchev–Trinajstić information content (AvgIpc) is 2.68. The lowest BCUT2D eigenvalue weighted by Crippen LogP contribution is -2.38. The molecule has 0 amide bonds.